The Morgan fingerprint density at radius 1 is 1.06 bits per heavy atom. The van der Waals surface area contributed by atoms with Crippen LogP contribution in [0.3, 0.4) is 0 Å². The van der Waals surface area contributed by atoms with Crippen molar-refractivity contribution in [2.75, 3.05) is 7.11 Å². The van der Waals surface area contributed by atoms with Crippen LogP contribution in [0.15, 0.2) is 58.5 Å². The van der Waals surface area contributed by atoms with Crippen LogP contribution in [-0.2, 0) is 7.05 Å². The zero-order valence-corrected chi connectivity index (χ0v) is 18.0. The molecule has 4 rings (SSSR count). The molecule has 0 saturated heterocycles. The van der Waals surface area contributed by atoms with Gasteiger partial charge in [-0.25, -0.2) is 4.68 Å². The van der Waals surface area contributed by atoms with Gasteiger partial charge in [-0.3, -0.25) is 19.4 Å². The van der Waals surface area contributed by atoms with E-state index in [0.717, 1.165) is 36.9 Å². The van der Waals surface area contributed by atoms with Crippen LogP contribution >= 0.6 is 0 Å². The summed E-state index contributed by atoms with van der Waals surface area (Å²) in [5.41, 5.74) is 1.57. The lowest BCUT2D eigenvalue weighted by atomic mass is 9.91. The van der Waals surface area contributed by atoms with Crippen molar-refractivity contribution in [2.45, 2.75) is 37.8 Å². The van der Waals surface area contributed by atoms with Crippen LogP contribution in [0, 0.1) is 0 Å². The third-order valence-corrected chi connectivity index (χ3v) is 5.83. The molecule has 32 heavy (non-hydrogen) atoms. The highest BCUT2D eigenvalue weighted by atomic mass is 16.5. The van der Waals surface area contributed by atoms with Crippen LogP contribution in [0.4, 0.5) is 0 Å². The molecule has 0 unspecified atom stereocenters. The SMILES string of the molecule is COc1cc(=O)n(C)cc1C(=O)NC1CCC(n2nc(-c3ccncc3)ccc2=O)CC1. The number of amides is 1. The molecule has 0 aromatic carbocycles. The van der Waals surface area contributed by atoms with E-state index in [9.17, 15) is 14.4 Å². The second-order valence-corrected chi connectivity index (χ2v) is 7.92. The number of hydrogen-bond donors (Lipinski definition) is 1. The Morgan fingerprint density at radius 2 is 1.78 bits per heavy atom. The van der Waals surface area contributed by atoms with Crippen LogP contribution < -0.4 is 21.2 Å². The summed E-state index contributed by atoms with van der Waals surface area (Å²) in [5, 5.41) is 7.61. The Balaban J connectivity index is 1.44. The number of methoxy groups -OCH3 is 1. The molecule has 1 fully saturated rings. The van der Waals surface area contributed by atoms with Gasteiger partial charge >= 0.3 is 0 Å². The van der Waals surface area contributed by atoms with Crippen LogP contribution in [0.2, 0.25) is 0 Å². The monoisotopic (exact) mass is 435 g/mol. The first-order chi connectivity index (χ1) is 15.5. The number of nitrogens with zero attached hydrogens (tertiary/aromatic N) is 4. The minimum absolute atomic E-state index is 0.0236. The summed E-state index contributed by atoms with van der Waals surface area (Å²) in [4.78, 5) is 41.0. The van der Waals surface area contributed by atoms with Gasteiger partial charge in [-0.15, -0.1) is 0 Å². The fraction of sp³-hybridized carbons (Fsp3) is 0.348. The van der Waals surface area contributed by atoms with Crippen molar-refractivity contribution in [1.29, 1.82) is 0 Å². The van der Waals surface area contributed by atoms with Gasteiger partial charge in [0.15, 0.2) is 0 Å². The molecule has 0 bridgehead atoms. The molecule has 1 aliphatic carbocycles. The number of aryl methyl sites for hydroxylation is 1. The van der Waals surface area contributed by atoms with E-state index in [1.807, 2.05) is 12.1 Å². The third kappa shape index (κ3) is 4.46. The van der Waals surface area contributed by atoms with Gasteiger partial charge in [0.2, 0.25) is 0 Å². The highest BCUT2D eigenvalue weighted by Gasteiger charge is 2.26. The number of carbonyl (C=O) groups excluding carboxylic acids is 1. The Labute approximate surface area is 184 Å². The lowest BCUT2D eigenvalue weighted by Gasteiger charge is -2.29. The number of carbonyl (C=O) groups is 1. The molecule has 9 heteroatoms. The van der Waals surface area contributed by atoms with Crippen molar-refractivity contribution in [1.82, 2.24) is 24.6 Å². The van der Waals surface area contributed by atoms with Crippen LogP contribution in [0.1, 0.15) is 42.1 Å². The van der Waals surface area contributed by atoms with E-state index in [4.69, 9.17) is 4.74 Å². The van der Waals surface area contributed by atoms with Gasteiger partial charge in [-0.1, -0.05) is 0 Å². The number of hydrogen-bond acceptors (Lipinski definition) is 6. The summed E-state index contributed by atoms with van der Waals surface area (Å²) >= 11 is 0. The predicted molar refractivity (Wildman–Crippen MR) is 119 cm³/mol. The van der Waals surface area contributed by atoms with E-state index in [2.05, 4.69) is 15.4 Å². The molecule has 1 N–H and O–H groups in total. The normalized spacial score (nSPS) is 18.2. The minimum Gasteiger partial charge on any atom is -0.496 e. The maximum Gasteiger partial charge on any atom is 0.267 e. The molecule has 0 aliphatic heterocycles. The Kier molecular flexibility index (Phi) is 6.16. The quantitative estimate of drug-likeness (QED) is 0.656. The summed E-state index contributed by atoms with van der Waals surface area (Å²) < 4.78 is 8.11. The number of rotatable bonds is 5. The van der Waals surface area contributed by atoms with Crippen molar-refractivity contribution < 1.29 is 9.53 Å². The molecule has 1 amide bonds. The highest BCUT2D eigenvalue weighted by Crippen LogP contribution is 2.28. The molecule has 0 spiro atoms. The fourth-order valence-electron chi connectivity index (χ4n) is 4.04. The molecule has 3 heterocycles. The second-order valence-electron chi connectivity index (χ2n) is 7.92. The minimum atomic E-state index is -0.282. The smallest absolute Gasteiger partial charge is 0.267 e. The summed E-state index contributed by atoms with van der Waals surface area (Å²) in [6.07, 6.45) is 7.76. The highest BCUT2D eigenvalue weighted by molar-refractivity contribution is 5.96. The molecule has 9 nitrogen and oxygen atoms in total. The van der Waals surface area contributed by atoms with Crippen molar-refractivity contribution in [3.63, 3.8) is 0 Å². The van der Waals surface area contributed by atoms with E-state index >= 15 is 0 Å². The zero-order chi connectivity index (χ0) is 22.7. The predicted octanol–water partition coefficient (Wildman–Crippen LogP) is 1.93. The maximum atomic E-state index is 12.8. The Morgan fingerprint density at radius 3 is 2.47 bits per heavy atom. The van der Waals surface area contributed by atoms with Gasteiger partial charge in [0, 0.05) is 49.4 Å². The van der Waals surface area contributed by atoms with E-state index in [0.29, 0.717) is 5.56 Å². The largest absolute Gasteiger partial charge is 0.496 e. The van der Waals surface area contributed by atoms with Gasteiger partial charge in [0.05, 0.1) is 24.4 Å². The first-order valence-corrected chi connectivity index (χ1v) is 10.5. The van der Waals surface area contributed by atoms with Crippen molar-refractivity contribution >= 4 is 5.91 Å². The third-order valence-electron chi connectivity index (χ3n) is 5.83. The Hall–Kier alpha value is -3.75. The van der Waals surface area contributed by atoms with E-state index in [1.165, 1.54) is 23.9 Å². The average molecular weight is 435 g/mol. The molecular formula is C23H25N5O4. The molecule has 0 radical (unpaired) electrons. The summed E-state index contributed by atoms with van der Waals surface area (Å²) in [6.45, 7) is 0. The molecule has 0 atom stereocenters. The molecular weight excluding hydrogens is 410 g/mol. The second kappa shape index (κ2) is 9.17. The number of pyridine rings is 2. The van der Waals surface area contributed by atoms with Gasteiger partial charge in [-0.2, -0.15) is 5.10 Å². The maximum absolute atomic E-state index is 12.8. The van der Waals surface area contributed by atoms with E-state index in [-0.39, 0.29) is 34.9 Å². The molecule has 3 aromatic rings. The van der Waals surface area contributed by atoms with Crippen LogP contribution in [0.5, 0.6) is 5.75 Å². The van der Waals surface area contributed by atoms with Gasteiger partial charge < -0.3 is 14.6 Å². The molecule has 1 aliphatic rings. The van der Waals surface area contributed by atoms with Crippen molar-refractivity contribution in [3.05, 3.63) is 75.2 Å². The summed E-state index contributed by atoms with van der Waals surface area (Å²) in [6, 6.07) is 8.24. The number of ether oxygens (including phenoxy) is 1. The standard InChI is InChI=1S/C23H25N5O4/c1-27-14-18(20(32-2)13-22(27)30)23(31)25-16-3-5-17(6-4-16)28-21(29)8-7-19(26-28)15-9-11-24-12-10-15/h7-14,16-17H,3-6H2,1-2H3,(H,25,31). The van der Waals surface area contributed by atoms with Gasteiger partial charge in [0.25, 0.3) is 17.0 Å². The van der Waals surface area contributed by atoms with E-state index in [1.54, 1.807) is 36.3 Å². The van der Waals surface area contributed by atoms with Crippen LogP contribution in [0.25, 0.3) is 11.3 Å². The number of nitrogens with one attached hydrogen (secondary N) is 1. The lowest BCUT2D eigenvalue weighted by molar-refractivity contribution is 0.0917. The first-order valence-electron chi connectivity index (χ1n) is 10.5. The van der Waals surface area contributed by atoms with Gasteiger partial charge in [-0.05, 0) is 43.9 Å². The van der Waals surface area contributed by atoms with Crippen molar-refractivity contribution in [3.8, 4) is 17.0 Å². The summed E-state index contributed by atoms with van der Waals surface area (Å²) in [7, 11) is 3.02. The van der Waals surface area contributed by atoms with Crippen molar-refractivity contribution in [2.24, 2.45) is 7.05 Å². The van der Waals surface area contributed by atoms with Crippen LogP contribution in [-0.4, -0.2) is 38.4 Å². The first kappa shape index (κ1) is 21.5. The lowest BCUT2D eigenvalue weighted by Crippen LogP contribution is -2.40. The topological polar surface area (TPSA) is 108 Å². The molecule has 3 aromatic heterocycles. The Bertz CT molecular complexity index is 1230. The van der Waals surface area contributed by atoms with E-state index < -0.39 is 0 Å². The average Bonchev–Trinajstić information content (AvgIpc) is 2.82. The van der Waals surface area contributed by atoms with Gasteiger partial charge in [0.1, 0.15) is 5.75 Å². The molecule has 1 saturated carbocycles. The fourth-order valence-corrected chi connectivity index (χ4v) is 4.04. The molecule has 166 valence electrons. The number of aromatic nitrogens is 4. The summed E-state index contributed by atoms with van der Waals surface area (Å²) in [5.74, 6) is -0.0289. The zero-order valence-electron chi connectivity index (χ0n) is 18.0.